The van der Waals surface area contributed by atoms with Crippen LogP contribution in [0.2, 0.25) is 0 Å². The van der Waals surface area contributed by atoms with E-state index in [4.69, 9.17) is 5.11 Å². The molecular formula is C14H22N2O4. The van der Waals surface area contributed by atoms with Crippen molar-refractivity contribution < 1.29 is 19.5 Å². The molecule has 0 spiro atoms. The molecule has 2 N–H and O–H groups in total. The molecule has 112 valence electrons. The lowest BCUT2D eigenvalue weighted by atomic mass is 9.77. The summed E-state index contributed by atoms with van der Waals surface area (Å²) in [6, 6.07) is 0. The van der Waals surface area contributed by atoms with Gasteiger partial charge in [-0.1, -0.05) is 19.3 Å². The van der Waals surface area contributed by atoms with Crippen LogP contribution in [-0.4, -0.2) is 46.9 Å². The highest BCUT2D eigenvalue weighted by atomic mass is 16.4. The summed E-state index contributed by atoms with van der Waals surface area (Å²) in [4.78, 5) is 36.5. The minimum atomic E-state index is -0.868. The molecule has 1 unspecified atom stereocenters. The Morgan fingerprint density at radius 2 is 2.00 bits per heavy atom. The summed E-state index contributed by atoms with van der Waals surface area (Å²) in [6.07, 6.45) is 4.66. The molecule has 6 nitrogen and oxygen atoms in total. The molecule has 2 rings (SSSR count). The molecule has 1 atom stereocenters. The number of hydrogen-bond donors (Lipinski definition) is 2. The second kappa shape index (κ2) is 5.81. The van der Waals surface area contributed by atoms with Gasteiger partial charge in [-0.05, 0) is 12.8 Å². The molecule has 0 aromatic rings. The van der Waals surface area contributed by atoms with Crippen LogP contribution < -0.4 is 5.32 Å². The van der Waals surface area contributed by atoms with Gasteiger partial charge in [0.15, 0.2) is 0 Å². The van der Waals surface area contributed by atoms with E-state index >= 15 is 0 Å². The van der Waals surface area contributed by atoms with E-state index in [1.54, 1.807) is 11.9 Å². The average Bonchev–Trinajstić information content (AvgIpc) is 2.84. The Hall–Kier alpha value is -1.59. The summed E-state index contributed by atoms with van der Waals surface area (Å²) in [5.41, 5.74) is -0.577. The lowest BCUT2D eigenvalue weighted by molar-refractivity contribution is -0.148. The second-order valence-corrected chi connectivity index (χ2v) is 5.96. The van der Waals surface area contributed by atoms with E-state index in [9.17, 15) is 14.4 Å². The summed E-state index contributed by atoms with van der Waals surface area (Å²) in [5, 5.41) is 11.8. The third-order valence-electron chi connectivity index (χ3n) is 4.63. The van der Waals surface area contributed by atoms with E-state index in [-0.39, 0.29) is 30.6 Å². The number of nitrogens with one attached hydrogen (secondary N) is 1. The molecule has 1 heterocycles. The molecule has 1 aliphatic heterocycles. The van der Waals surface area contributed by atoms with Crippen molar-refractivity contribution >= 4 is 17.8 Å². The zero-order chi connectivity index (χ0) is 14.8. The van der Waals surface area contributed by atoms with Crippen LogP contribution in [0.25, 0.3) is 0 Å². The fourth-order valence-corrected chi connectivity index (χ4v) is 3.41. The Kier molecular flexibility index (Phi) is 4.30. The monoisotopic (exact) mass is 282 g/mol. The smallest absolute Gasteiger partial charge is 0.305 e. The highest BCUT2D eigenvalue weighted by Gasteiger charge is 2.43. The van der Waals surface area contributed by atoms with Crippen LogP contribution in [-0.2, 0) is 14.4 Å². The van der Waals surface area contributed by atoms with Crippen LogP contribution in [0.3, 0.4) is 0 Å². The normalized spacial score (nSPS) is 25.1. The van der Waals surface area contributed by atoms with Gasteiger partial charge in [-0.2, -0.15) is 0 Å². The number of hydrogen-bond acceptors (Lipinski definition) is 3. The minimum absolute atomic E-state index is 0.0106. The molecule has 2 fully saturated rings. The molecule has 2 aliphatic rings. The maximum atomic E-state index is 12.5. The topological polar surface area (TPSA) is 86.7 Å². The molecule has 1 aliphatic carbocycles. The van der Waals surface area contributed by atoms with E-state index in [1.807, 2.05) is 0 Å². The van der Waals surface area contributed by atoms with Crippen molar-refractivity contribution in [2.45, 2.75) is 50.5 Å². The highest BCUT2D eigenvalue weighted by Crippen LogP contribution is 2.37. The van der Waals surface area contributed by atoms with Gasteiger partial charge >= 0.3 is 5.97 Å². The van der Waals surface area contributed by atoms with Crippen LogP contribution in [0.5, 0.6) is 0 Å². The zero-order valence-electron chi connectivity index (χ0n) is 11.9. The summed E-state index contributed by atoms with van der Waals surface area (Å²) in [5.74, 6) is -1.42. The van der Waals surface area contributed by atoms with Crippen LogP contribution in [0.4, 0.5) is 0 Å². The quantitative estimate of drug-likeness (QED) is 0.797. The molecule has 1 saturated carbocycles. The highest BCUT2D eigenvalue weighted by molar-refractivity contribution is 5.89. The van der Waals surface area contributed by atoms with Crippen LogP contribution >= 0.6 is 0 Å². The molecule has 0 radical (unpaired) electrons. The third-order valence-corrected chi connectivity index (χ3v) is 4.63. The number of carboxylic acids is 1. The maximum Gasteiger partial charge on any atom is 0.305 e. The lowest BCUT2D eigenvalue weighted by Gasteiger charge is -2.44. The number of rotatable bonds is 4. The predicted molar refractivity (Wildman–Crippen MR) is 72.0 cm³/mol. The fraction of sp³-hybridized carbons (Fsp3) is 0.786. The molecule has 0 aromatic heterocycles. The lowest BCUT2D eigenvalue weighted by Crippen LogP contribution is -2.53. The fourth-order valence-electron chi connectivity index (χ4n) is 3.41. The van der Waals surface area contributed by atoms with Crippen molar-refractivity contribution in [2.24, 2.45) is 5.92 Å². The van der Waals surface area contributed by atoms with Gasteiger partial charge in [0, 0.05) is 20.0 Å². The molecule has 1 saturated heterocycles. The van der Waals surface area contributed by atoms with E-state index < -0.39 is 11.5 Å². The van der Waals surface area contributed by atoms with Crippen LogP contribution in [0, 0.1) is 5.92 Å². The Balaban J connectivity index is 2.13. The van der Waals surface area contributed by atoms with Crippen molar-refractivity contribution in [2.75, 3.05) is 13.6 Å². The maximum absolute atomic E-state index is 12.5. The van der Waals surface area contributed by atoms with E-state index in [0.29, 0.717) is 6.54 Å². The first-order chi connectivity index (χ1) is 9.44. The number of nitrogens with zero attached hydrogens (tertiary/aromatic N) is 1. The number of amides is 2. The first kappa shape index (κ1) is 14.8. The van der Waals surface area contributed by atoms with Gasteiger partial charge < -0.3 is 15.3 Å². The van der Waals surface area contributed by atoms with E-state index in [2.05, 4.69) is 5.32 Å². The van der Waals surface area contributed by atoms with Gasteiger partial charge in [0.25, 0.3) is 0 Å². The molecule has 0 aromatic carbocycles. The van der Waals surface area contributed by atoms with Crippen LogP contribution in [0.15, 0.2) is 0 Å². The van der Waals surface area contributed by atoms with Gasteiger partial charge in [-0.25, -0.2) is 0 Å². The SMILES string of the molecule is CN(C(=O)C1CNC(=O)C1)C1(CC(=O)O)CCCCC1. The van der Waals surface area contributed by atoms with Crippen molar-refractivity contribution in [3.8, 4) is 0 Å². The summed E-state index contributed by atoms with van der Waals surface area (Å²) in [6.45, 7) is 0.366. The van der Waals surface area contributed by atoms with Gasteiger partial charge in [-0.15, -0.1) is 0 Å². The standard InChI is InChI=1S/C14H22N2O4/c1-16(13(20)10-7-11(17)15-9-10)14(8-12(18)19)5-3-2-4-6-14/h10H,2-9H2,1H3,(H,15,17)(H,18,19). The largest absolute Gasteiger partial charge is 0.481 e. The van der Waals surface area contributed by atoms with Gasteiger partial charge in [0.05, 0.1) is 17.9 Å². The van der Waals surface area contributed by atoms with Gasteiger partial charge in [0.1, 0.15) is 0 Å². The zero-order valence-corrected chi connectivity index (χ0v) is 11.9. The molecule has 6 heteroatoms. The number of aliphatic carboxylic acids is 1. The van der Waals surface area contributed by atoms with Crippen molar-refractivity contribution in [3.63, 3.8) is 0 Å². The van der Waals surface area contributed by atoms with Crippen molar-refractivity contribution in [1.82, 2.24) is 10.2 Å². The molecule has 2 amide bonds. The second-order valence-electron chi connectivity index (χ2n) is 5.96. The summed E-state index contributed by atoms with van der Waals surface area (Å²) in [7, 11) is 1.69. The predicted octanol–water partition coefficient (Wildman–Crippen LogP) is 0.758. The Morgan fingerprint density at radius 1 is 1.35 bits per heavy atom. The van der Waals surface area contributed by atoms with Gasteiger partial charge in [0.2, 0.25) is 11.8 Å². The summed E-state index contributed by atoms with van der Waals surface area (Å²) < 4.78 is 0. The Labute approximate surface area is 118 Å². The van der Waals surface area contributed by atoms with Crippen molar-refractivity contribution in [1.29, 1.82) is 0 Å². The number of carbonyl (C=O) groups excluding carboxylic acids is 2. The van der Waals surface area contributed by atoms with Gasteiger partial charge in [-0.3, -0.25) is 14.4 Å². The third kappa shape index (κ3) is 2.94. The molecule has 20 heavy (non-hydrogen) atoms. The summed E-state index contributed by atoms with van der Waals surface area (Å²) >= 11 is 0. The first-order valence-corrected chi connectivity index (χ1v) is 7.21. The molecule has 0 bridgehead atoms. The first-order valence-electron chi connectivity index (χ1n) is 7.21. The Morgan fingerprint density at radius 3 is 2.50 bits per heavy atom. The molecular weight excluding hydrogens is 260 g/mol. The Bertz CT molecular complexity index is 415. The van der Waals surface area contributed by atoms with E-state index in [0.717, 1.165) is 32.1 Å². The number of carboxylic acid groups (broad SMARTS) is 1. The minimum Gasteiger partial charge on any atom is -0.481 e. The van der Waals surface area contributed by atoms with Crippen LogP contribution in [0.1, 0.15) is 44.9 Å². The number of carbonyl (C=O) groups is 3. The average molecular weight is 282 g/mol. The van der Waals surface area contributed by atoms with E-state index in [1.165, 1.54) is 0 Å². The van der Waals surface area contributed by atoms with Crippen molar-refractivity contribution in [3.05, 3.63) is 0 Å².